The van der Waals surface area contributed by atoms with Crippen LogP contribution < -0.4 is 5.73 Å². The molecule has 1 aliphatic rings. The molecule has 2 N–H and O–H groups in total. The van der Waals surface area contributed by atoms with Crippen molar-refractivity contribution in [1.29, 1.82) is 0 Å². The van der Waals surface area contributed by atoms with Crippen LogP contribution in [0.5, 0.6) is 0 Å². The first-order chi connectivity index (χ1) is 5.48. The van der Waals surface area contributed by atoms with Crippen LogP contribution >= 0.6 is 0 Å². The number of nitrogens with zero attached hydrogens (tertiary/aromatic N) is 1. The molecule has 1 fully saturated rings. The molecule has 0 heterocycles. The quantitative estimate of drug-likeness (QED) is 0.509. The summed E-state index contributed by atoms with van der Waals surface area (Å²) in [6, 6.07) is 0. The van der Waals surface area contributed by atoms with Gasteiger partial charge in [-0.25, -0.2) is 0 Å². The first kappa shape index (κ1) is 9.56. The van der Waals surface area contributed by atoms with Gasteiger partial charge in [0.1, 0.15) is 0 Å². The SMILES string of the molecule is CC(C)C(N)=NC1(C(C)C)CC1. The molecule has 0 bridgehead atoms. The van der Waals surface area contributed by atoms with Gasteiger partial charge in [-0.2, -0.15) is 0 Å². The fourth-order valence-electron chi connectivity index (χ4n) is 1.33. The topological polar surface area (TPSA) is 38.4 Å². The molecule has 0 amide bonds. The van der Waals surface area contributed by atoms with Gasteiger partial charge in [-0.3, -0.25) is 4.99 Å². The highest BCUT2D eigenvalue weighted by atomic mass is 15.0. The van der Waals surface area contributed by atoms with Crippen LogP contribution in [0.15, 0.2) is 4.99 Å². The maximum absolute atomic E-state index is 5.83. The van der Waals surface area contributed by atoms with Crippen LogP contribution in [-0.4, -0.2) is 11.4 Å². The molecular weight excluding hydrogens is 148 g/mol. The van der Waals surface area contributed by atoms with Crippen LogP contribution in [-0.2, 0) is 0 Å². The number of hydrogen-bond donors (Lipinski definition) is 1. The van der Waals surface area contributed by atoms with Gasteiger partial charge < -0.3 is 5.73 Å². The van der Waals surface area contributed by atoms with Crippen molar-refractivity contribution in [3.05, 3.63) is 0 Å². The molecule has 12 heavy (non-hydrogen) atoms. The fourth-order valence-corrected chi connectivity index (χ4v) is 1.33. The van der Waals surface area contributed by atoms with Crippen molar-refractivity contribution in [3.8, 4) is 0 Å². The van der Waals surface area contributed by atoms with Crippen molar-refractivity contribution in [2.45, 2.75) is 46.1 Å². The molecule has 1 rings (SSSR count). The van der Waals surface area contributed by atoms with Gasteiger partial charge in [0.2, 0.25) is 0 Å². The van der Waals surface area contributed by atoms with E-state index in [1.807, 2.05) is 0 Å². The number of hydrogen-bond acceptors (Lipinski definition) is 1. The first-order valence-electron chi connectivity index (χ1n) is 4.83. The van der Waals surface area contributed by atoms with E-state index in [4.69, 9.17) is 5.73 Å². The van der Waals surface area contributed by atoms with Crippen LogP contribution in [0.4, 0.5) is 0 Å². The Morgan fingerprint density at radius 3 is 2.00 bits per heavy atom. The van der Waals surface area contributed by atoms with Gasteiger partial charge in [-0.15, -0.1) is 0 Å². The summed E-state index contributed by atoms with van der Waals surface area (Å²) in [6.45, 7) is 8.64. The first-order valence-corrected chi connectivity index (χ1v) is 4.83. The molecule has 0 radical (unpaired) electrons. The average molecular weight is 168 g/mol. The molecule has 1 saturated carbocycles. The van der Waals surface area contributed by atoms with Crippen LogP contribution in [0.2, 0.25) is 0 Å². The Morgan fingerprint density at radius 2 is 1.75 bits per heavy atom. The average Bonchev–Trinajstić information content (AvgIpc) is 2.68. The lowest BCUT2D eigenvalue weighted by molar-refractivity contribution is 0.478. The minimum Gasteiger partial charge on any atom is -0.387 e. The monoisotopic (exact) mass is 168 g/mol. The molecule has 0 aromatic rings. The van der Waals surface area contributed by atoms with Gasteiger partial charge in [-0.05, 0) is 18.8 Å². The van der Waals surface area contributed by atoms with Crippen LogP contribution in [0, 0.1) is 11.8 Å². The van der Waals surface area contributed by atoms with E-state index in [0.717, 1.165) is 5.84 Å². The largest absolute Gasteiger partial charge is 0.387 e. The second kappa shape index (κ2) is 3.08. The maximum Gasteiger partial charge on any atom is 0.0969 e. The lowest BCUT2D eigenvalue weighted by Gasteiger charge is -2.16. The van der Waals surface area contributed by atoms with E-state index in [0.29, 0.717) is 11.8 Å². The highest BCUT2D eigenvalue weighted by molar-refractivity contribution is 5.82. The molecule has 0 atom stereocenters. The van der Waals surface area contributed by atoms with E-state index < -0.39 is 0 Å². The summed E-state index contributed by atoms with van der Waals surface area (Å²) in [5, 5.41) is 0. The molecule has 2 heteroatoms. The summed E-state index contributed by atoms with van der Waals surface area (Å²) < 4.78 is 0. The van der Waals surface area contributed by atoms with Crippen molar-refractivity contribution >= 4 is 5.84 Å². The second-order valence-corrected chi connectivity index (χ2v) is 4.45. The molecule has 0 spiro atoms. The minimum atomic E-state index is 0.217. The van der Waals surface area contributed by atoms with E-state index in [2.05, 4.69) is 32.7 Å². The van der Waals surface area contributed by atoms with Crippen molar-refractivity contribution in [2.75, 3.05) is 0 Å². The van der Waals surface area contributed by atoms with Crippen molar-refractivity contribution < 1.29 is 0 Å². The molecule has 0 unspecified atom stereocenters. The molecular formula is C10H20N2. The summed E-state index contributed by atoms with van der Waals surface area (Å²) in [6.07, 6.45) is 2.44. The van der Waals surface area contributed by atoms with Gasteiger partial charge >= 0.3 is 0 Å². The predicted molar refractivity (Wildman–Crippen MR) is 53.3 cm³/mol. The highest BCUT2D eigenvalue weighted by Gasteiger charge is 2.45. The Hall–Kier alpha value is -0.530. The van der Waals surface area contributed by atoms with Crippen LogP contribution in [0.3, 0.4) is 0 Å². The van der Waals surface area contributed by atoms with E-state index >= 15 is 0 Å². The van der Waals surface area contributed by atoms with Crippen molar-refractivity contribution in [3.63, 3.8) is 0 Å². The fraction of sp³-hybridized carbons (Fsp3) is 0.900. The van der Waals surface area contributed by atoms with E-state index in [1.165, 1.54) is 12.8 Å². The molecule has 0 aliphatic heterocycles. The van der Waals surface area contributed by atoms with Gasteiger partial charge in [-0.1, -0.05) is 27.7 Å². The zero-order valence-electron chi connectivity index (χ0n) is 8.59. The zero-order chi connectivity index (χ0) is 9.35. The summed E-state index contributed by atoms with van der Waals surface area (Å²) in [4.78, 5) is 4.61. The lowest BCUT2D eigenvalue weighted by Crippen LogP contribution is -2.25. The Kier molecular flexibility index (Phi) is 2.45. The van der Waals surface area contributed by atoms with Gasteiger partial charge in [0.25, 0.3) is 0 Å². The Bertz CT molecular complexity index is 188. The summed E-state index contributed by atoms with van der Waals surface area (Å²) in [5.41, 5.74) is 6.05. The Balaban J connectivity index is 2.66. The van der Waals surface area contributed by atoms with Crippen LogP contribution in [0.1, 0.15) is 40.5 Å². The summed E-state index contributed by atoms with van der Waals surface area (Å²) in [5.74, 6) is 1.84. The smallest absolute Gasteiger partial charge is 0.0969 e. The second-order valence-electron chi connectivity index (χ2n) is 4.45. The highest BCUT2D eigenvalue weighted by Crippen LogP contribution is 2.46. The van der Waals surface area contributed by atoms with Crippen molar-refractivity contribution in [1.82, 2.24) is 0 Å². The number of rotatable bonds is 3. The number of nitrogens with two attached hydrogens (primary N) is 1. The lowest BCUT2D eigenvalue weighted by atomic mass is 10.0. The predicted octanol–water partition coefficient (Wildman–Crippen LogP) is 2.19. The standard InChI is InChI=1S/C10H20N2/c1-7(2)9(11)12-10(5-6-10)8(3)4/h7-8H,5-6H2,1-4H3,(H2,11,12). The van der Waals surface area contributed by atoms with Crippen LogP contribution in [0.25, 0.3) is 0 Å². The van der Waals surface area contributed by atoms with E-state index in [1.54, 1.807) is 0 Å². The third-order valence-electron chi connectivity index (χ3n) is 2.78. The molecule has 2 nitrogen and oxygen atoms in total. The molecule has 1 aliphatic carbocycles. The van der Waals surface area contributed by atoms with Gasteiger partial charge in [0, 0.05) is 5.92 Å². The van der Waals surface area contributed by atoms with Gasteiger partial charge in [0.15, 0.2) is 0 Å². The summed E-state index contributed by atoms with van der Waals surface area (Å²) in [7, 11) is 0. The zero-order valence-corrected chi connectivity index (χ0v) is 8.59. The van der Waals surface area contributed by atoms with Crippen molar-refractivity contribution in [2.24, 2.45) is 22.6 Å². The number of amidine groups is 1. The number of aliphatic imine (C=N–C) groups is 1. The maximum atomic E-state index is 5.83. The van der Waals surface area contributed by atoms with E-state index in [-0.39, 0.29) is 5.54 Å². The third-order valence-corrected chi connectivity index (χ3v) is 2.78. The summed E-state index contributed by atoms with van der Waals surface area (Å²) >= 11 is 0. The Labute approximate surface area is 75.3 Å². The van der Waals surface area contributed by atoms with Gasteiger partial charge in [0.05, 0.1) is 11.4 Å². The molecule has 0 saturated heterocycles. The van der Waals surface area contributed by atoms with E-state index in [9.17, 15) is 0 Å². The molecule has 0 aromatic carbocycles. The molecule has 0 aromatic heterocycles. The third kappa shape index (κ3) is 1.79. The normalized spacial score (nSPS) is 22.0. The minimum absolute atomic E-state index is 0.217. The Morgan fingerprint density at radius 1 is 1.25 bits per heavy atom. The molecule has 70 valence electrons.